The number of aromatic hydroxyl groups is 2. The number of nitrogens with zero attached hydrogens (tertiary/aromatic N) is 2. The highest BCUT2D eigenvalue weighted by Crippen LogP contribution is 2.49. The highest BCUT2D eigenvalue weighted by Gasteiger charge is 2.39. The number of aromatic nitrogens is 1. The monoisotopic (exact) mass is 284 g/mol. The van der Waals surface area contributed by atoms with Crippen LogP contribution in [0.25, 0.3) is 0 Å². The molecule has 0 bridgehead atoms. The van der Waals surface area contributed by atoms with E-state index < -0.39 is 0 Å². The Morgan fingerprint density at radius 3 is 2.76 bits per heavy atom. The van der Waals surface area contributed by atoms with Crippen molar-refractivity contribution >= 4 is 0 Å². The summed E-state index contributed by atoms with van der Waals surface area (Å²) >= 11 is 0. The van der Waals surface area contributed by atoms with Gasteiger partial charge in [-0.1, -0.05) is 0 Å². The van der Waals surface area contributed by atoms with Gasteiger partial charge in [-0.3, -0.25) is 4.98 Å². The molecule has 4 rings (SSSR count). The molecule has 5 heteroatoms. The SMILES string of the molecule is CN1CC2c3cc(O)ccc3Oc3cc(O)cnc3C2C1. The van der Waals surface area contributed by atoms with Crippen molar-refractivity contribution in [1.29, 1.82) is 0 Å². The summed E-state index contributed by atoms with van der Waals surface area (Å²) < 4.78 is 5.96. The number of hydrogen-bond donors (Lipinski definition) is 2. The molecule has 1 saturated heterocycles. The van der Waals surface area contributed by atoms with Crippen molar-refractivity contribution < 1.29 is 14.9 Å². The lowest BCUT2D eigenvalue weighted by atomic mass is 9.86. The fourth-order valence-corrected chi connectivity index (χ4v) is 3.43. The average Bonchev–Trinajstić information content (AvgIpc) is 2.78. The molecule has 1 aromatic carbocycles. The fourth-order valence-electron chi connectivity index (χ4n) is 3.43. The van der Waals surface area contributed by atoms with Crippen molar-refractivity contribution in [2.45, 2.75) is 11.8 Å². The van der Waals surface area contributed by atoms with E-state index in [0.717, 1.165) is 30.1 Å². The van der Waals surface area contributed by atoms with E-state index in [-0.39, 0.29) is 23.3 Å². The van der Waals surface area contributed by atoms with Gasteiger partial charge in [0.1, 0.15) is 17.2 Å². The number of ether oxygens (including phenoxy) is 1. The summed E-state index contributed by atoms with van der Waals surface area (Å²) in [5, 5.41) is 19.5. The maximum absolute atomic E-state index is 9.80. The molecule has 0 saturated carbocycles. The third-order valence-electron chi connectivity index (χ3n) is 4.33. The summed E-state index contributed by atoms with van der Waals surface area (Å²) in [5.41, 5.74) is 1.87. The van der Waals surface area contributed by atoms with Gasteiger partial charge in [0, 0.05) is 36.6 Å². The molecule has 108 valence electrons. The topological polar surface area (TPSA) is 65.8 Å². The molecule has 2 aromatic rings. The summed E-state index contributed by atoms with van der Waals surface area (Å²) in [6.07, 6.45) is 1.46. The van der Waals surface area contributed by atoms with Crippen LogP contribution in [0.2, 0.25) is 0 Å². The van der Waals surface area contributed by atoms with Gasteiger partial charge in [-0.25, -0.2) is 0 Å². The van der Waals surface area contributed by atoms with E-state index in [4.69, 9.17) is 4.74 Å². The Kier molecular flexibility index (Phi) is 2.59. The molecule has 1 fully saturated rings. The molecule has 2 unspecified atom stereocenters. The lowest BCUT2D eigenvalue weighted by Crippen LogP contribution is -2.14. The van der Waals surface area contributed by atoms with Gasteiger partial charge in [-0.2, -0.15) is 0 Å². The Morgan fingerprint density at radius 2 is 1.90 bits per heavy atom. The molecule has 0 amide bonds. The Bertz CT molecular complexity index is 717. The van der Waals surface area contributed by atoms with Crippen molar-refractivity contribution in [3.8, 4) is 23.0 Å². The van der Waals surface area contributed by atoms with Crippen molar-refractivity contribution in [1.82, 2.24) is 9.88 Å². The second-order valence-electron chi connectivity index (χ2n) is 5.84. The highest BCUT2D eigenvalue weighted by atomic mass is 16.5. The normalized spacial score (nSPS) is 23.7. The fraction of sp³-hybridized carbons (Fsp3) is 0.312. The first-order chi connectivity index (χ1) is 10.1. The van der Waals surface area contributed by atoms with Gasteiger partial charge in [0.05, 0.1) is 11.9 Å². The quantitative estimate of drug-likeness (QED) is 0.777. The molecule has 0 spiro atoms. The molecule has 2 aliphatic rings. The molecule has 21 heavy (non-hydrogen) atoms. The van der Waals surface area contributed by atoms with Gasteiger partial charge in [-0.05, 0) is 25.2 Å². The lowest BCUT2D eigenvalue weighted by molar-refractivity contribution is 0.398. The predicted molar refractivity (Wildman–Crippen MR) is 77.1 cm³/mol. The number of phenolic OH excluding ortho intramolecular Hbond substituents is 1. The highest BCUT2D eigenvalue weighted by molar-refractivity contribution is 5.51. The van der Waals surface area contributed by atoms with Gasteiger partial charge in [0.15, 0.2) is 5.75 Å². The minimum absolute atomic E-state index is 0.0962. The average molecular weight is 284 g/mol. The van der Waals surface area contributed by atoms with Gasteiger partial charge in [-0.15, -0.1) is 0 Å². The maximum Gasteiger partial charge on any atom is 0.152 e. The van der Waals surface area contributed by atoms with Crippen LogP contribution in [0.5, 0.6) is 23.0 Å². The molecular weight excluding hydrogens is 268 g/mol. The van der Waals surface area contributed by atoms with Crippen LogP contribution < -0.4 is 4.74 Å². The predicted octanol–water partition coefficient (Wildman–Crippen LogP) is 2.41. The Labute approximate surface area is 122 Å². The number of pyridine rings is 1. The van der Waals surface area contributed by atoms with Crippen LogP contribution in [0.1, 0.15) is 23.1 Å². The zero-order chi connectivity index (χ0) is 14.6. The van der Waals surface area contributed by atoms with E-state index in [1.807, 2.05) is 0 Å². The number of rotatable bonds is 0. The van der Waals surface area contributed by atoms with Crippen LogP contribution in [0.4, 0.5) is 0 Å². The molecule has 3 heterocycles. The second kappa shape index (κ2) is 4.36. The third-order valence-corrected chi connectivity index (χ3v) is 4.33. The van der Waals surface area contributed by atoms with Gasteiger partial charge >= 0.3 is 0 Å². The molecule has 2 N–H and O–H groups in total. The van der Waals surface area contributed by atoms with Crippen LogP contribution in [0.3, 0.4) is 0 Å². The Balaban J connectivity index is 1.93. The smallest absolute Gasteiger partial charge is 0.152 e. The molecule has 0 radical (unpaired) electrons. The molecule has 2 aliphatic heterocycles. The van der Waals surface area contributed by atoms with Crippen molar-refractivity contribution in [3.63, 3.8) is 0 Å². The molecule has 5 nitrogen and oxygen atoms in total. The van der Waals surface area contributed by atoms with E-state index in [1.165, 1.54) is 6.20 Å². The third kappa shape index (κ3) is 1.93. The van der Waals surface area contributed by atoms with E-state index in [1.54, 1.807) is 24.3 Å². The van der Waals surface area contributed by atoms with Gasteiger partial charge < -0.3 is 19.8 Å². The molecule has 2 atom stereocenters. The summed E-state index contributed by atoms with van der Waals surface area (Å²) in [6, 6.07) is 6.78. The molecular formula is C16H16N2O3. The van der Waals surface area contributed by atoms with Crippen LogP contribution in [-0.4, -0.2) is 40.2 Å². The first-order valence-electron chi connectivity index (χ1n) is 7.00. The standard InChI is InChI=1S/C16H16N2O3/c1-18-7-12-11-4-9(19)2-3-14(11)21-15-5-10(20)6-17-16(15)13(12)8-18/h2-6,12-13,19-20H,7-8H2,1H3. The van der Waals surface area contributed by atoms with Gasteiger partial charge in [0.2, 0.25) is 0 Å². The minimum atomic E-state index is 0.0962. The lowest BCUT2D eigenvalue weighted by Gasteiger charge is -2.16. The van der Waals surface area contributed by atoms with Gasteiger partial charge in [0.25, 0.3) is 0 Å². The number of phenols is 1. The summed E-state index contributed by atoms with van der Waals surface area (Å²) in [7, 11) is 2.08. The van der Waals surface area contributed by atoms with E-state index in [9.17, 15) is 10.2 Å². The van der Waals surface area contributed by atoms with E-state index in [0.29, 0.717) is 5.75 Å². The number of likely N-dealkylation sites (tertiary alicyclic amines) is 1. The Hall–Kier alpha value is -2.27. The van der Waals surface area contributed by atoms with Crippen LogP contribution in [0, 0.1) is 0 Å². The molecule has 0 aliphatic carbocycles. The van der Waals surface area contributed by atoms with Crippen molar-refractivity contribution in [2.75, 3.05) is 20.1 Å². The van der Waals surface area contributed by atoms with E-state index >= 15 is 0 Å². The number of likely N-dealkylation sites (N-methyl/N-ethyl adjacent to an activating group) is 1. The van der Waals surface area contributed by atoms with Crippen LogP contribution in [-0.2, 0) is 0 Å². The second-order valence-corrected chi connectivity index (χ2v) is 5.84. The first kappa shape index (κ1) is 12.5. The van der Waals surface area contributed by atoms with Crippen LogP contribution in [0.15, 0.2) is 30.5 Å². The van der Waals surface area contributed by atoms with E-state index in [2.05, 4.69) is 16.9 Å². The summed E-state index contributed by atoms with van der Waals surface area (Å²) in [5.74, 6) is 2.10. The minimum Gasteiger partial charge on any atom is -0.508 e. The first-order valence-corrected chi connectivity index (χ1v) is 7.00. The summed E-state index contributed by atoms with van der Waals surface area (Å²) in [6.45, 7) is 1.78. The van der Waals surface area contributed by atoms with Crippen molar-refractivity contribution in [2.24, 2.45) is 0 Å². The number of benzene rings is 1. The summed E-state index contributed by atoms with van der Waals surface area (Å²) in [4.78, 5) is 6.65. The Morgan fingerprint density at radius 1 is 1.10 bits per heavy atom. The zero-order valence-electron chi connectivity index (χ0n) is 11.7. The van der Waals surface area contributed by atoms with Crippen molar-refractivity contribution in [3.05, 3.63) is 41.7 Å². The van der Waals surface area contributed by atoms with Crippen LogP contribution >= 0.6 is 0 Å². The number of hydrogen-bond acceptors (Lipinski definition) is 5. The molecule has 1 aromatic heterocycles. The largest absolute Gasteiger partial charge is 0.508 e. The maximum atomic E-state index is 9.80. The number of fused-ring (bicyclic) bond motifs is 5. The zero-order valence-corrected chi connectivity index (χ0v) is 11.7.